The molecule has 0 aromatic rings. The first-order valence-electron chi connectivity index (χ1n) is 28.5. The summed E-state index contributed by atoms with van der Waals surface area (Å²) in [6, 6.07) is 0. The summed E-state index contributed by atoms with van der Waals surface area (Å²) >= 11 is 0. The first-order chi connectivity index (χ1) is 34.9. The summed E-state index contributed by atoms with van der Waals surface area (Å²) in [6.07, 6.45) is 29.3. The van der Waals surface area contributed by atoms with Crippen molar-refractivity contribution in [2.45, 2.75) is 278 Å². The fraction of sp³-hybridized carbons (Fsp3) is 0.877. The smallest absolute Gasteiger partial charge is 0.306 e. The fourth-order valence-corrected chi connectivity index (χ4v) is 7.33. The molecule has 72 heavy (non-hydrogen) atoms. The number of esters is 5. The van der Waals surface area contributed by atoms with E-state index in [1.165, 1.54) is 83.5 Å². The Bertz CT molecular complexity index is 1250. The Morgan fingerprint density at radius 3 is 0.931 bits per heavy atom. The van der Waals surface area contributed by atoms with Crippen molar-refractivity contribution in [3.8, 4) is 0 Å². The number of rotatable bonds is 49. The standard InChI is InChI=1S/C40H69NO14.C9H20.C8H18/c1-5-7-9-11-13-15-22-37(45)52-30-35(28-50-32-43)55-39(47)24-17-20-33(53-40(48)25-18-26-41(3)4)19-16-23-38(46)54-34(27-49-31-42)29-51-36(44)21-14-12-10-8-6-2;1-3-5-7-9-8-6-4-2;1-3-5-7-8-6-4-2/h31-35H,5-30H2,1-4H3;3-9H2,1-2H3;3-8H2,1-2H3. The van der Waals surface area contributed by atoms with E-state index >= 15 is 0 Å². The van der Waals surface area contributed by atoms with Gasteiger partial charge < -0.3 is 38.1 Å². The Hall–Kier alpha value is -3.75. The van der Waals surface area contributed by atoms with Crippen LogP contribution in [0.5, 0.6) is 0 Å². The predicted molar refractivity (Wildman–Crippen MR) is 285 cm³/mol. The third-order valence-electron chi connectivity index (χ3n) is 11.6. The maximum Gasteiger partial charge on any atom is 0.306 e. The molecular formula is C57H107NO14. The highest BCUT2D eigenvalue weighted by molar-refractivity contribution is 5.71. The van der Waals surface area contributed by atoms with Gasteiger partial charge >= 0.3 is 29.8 Å². The highest BCUT2D eigenvalue weighted by Crippen LogP contribution is 2.17. The van der Waals surface area contributed by atoms with Gasteiger partial charge in [-0.3, -0.25) is 33.6 Å². The first-order valence-corrected chi connectivity index (χ1v) is 28.5. The molecule has 0 rings (SSSR count). The number of unbranched alkanes of at least 4 members (excludes halogenated alkanes) is 20. The van der Waals surface area contributed by atoms with Crippen LogP contribution < -0.4 is 0 Å². The molecule has 0 aromatic carbocycles. The van der Waals surface area contributed by atoms with Crippen molar-refractivity contribution in [1.82, 2.24) is 4.90 Å². The van der Waals surface area contributed by atoms with E-state index in [1.54, 1.807) is 0 Å². The second-order valence-corrected chi connectivity index (χ2v) is 19.1. The molecule has 0 spiro atoms. The van der Waals surface area contributed by atoms with Crippen LogP contribution in [0.3, 0.4) is 0 Å². The lowest BCUT2D eigenvalue weighted by Crippen LogP contribution is -2.30. The molecule has 0 saturated heterocycles. The SMILES string of the molecule is CCCCCCCC.CCCCCCCCC.CCCCCCCCC(=O)OCC(COC=O)OC(=O)CCCC(CCCC(=O)OC(COC=O)COC(=O)CCCCCCC)OC(=O)CCCN(C)C. The average Bonchev–Trinajstić information content (AvgIpc) is 3.35. The van der Waals surface area contributed by atoms with E-state index in [2.05, 4.69) is 41.5 Å². The summed E-state index contributed by atoms with van der Waals surface area (Å²) < 4.78 is 36.6. The fourth-order valence-electron chi connectivity index (χ4n) is 7.33. The van der Waals surface area contributed by atoms with E-state index in [9.17, 15) is 33.6 Å². The van der Waals surface area contributed by atoms with Crippen molar-refractivity contribution < 1.29 is 66.7 Å². The van der Waals surface area contributed by atoms with E-state index in [-0.39, 0.29) is 84.3 Å². The minimum Gasteiger partial charge on any atom is -0.464 e. The topological polar surface area (TPSA) is 187 Å². The second-order valence-electron chi connectivity index (χ2n) is 19.1. The van der Waals surface area contributed by atoms with Crippen molar-refractivity contribution in [3.05, 3.63) is 0 Å². The molecule has 424 valence electrons. The van der Waals surface area contributed by atoms with Gasteiger partial charge in [-0.05, 0) is 65.6 Å². The maximum atomic E-state index is 12.7. The zero-order valence-electron chi connectivity index (χ0n) is 47.1. The Labute approximate surface area is 438 Å². The summed E-state index contributed by atoms with van der Waals surface area (Å²) in [7, 11) is 3.80. The first kappa shape index (κ1) is 72.5. The van der Waals surface area contributed by atoms with Crippen LogP contribution in [0.1, 0.15) is 260 Å². The van der Waals surface area contributed by atoms with Gasteiger partial charge in [0.25, 0.3) is 12.9 Å². The third kappa shape index (κ3) is 57.2. The molecule has 3 unspecified atom stereocenters. The van der Waals surface area contributed by atoms with E-state index in [0.717, 1.165) is 57.8 Å². The van der Waals surface area contributed by atoms with E-state index in [0.29, 0.717) is 38.6 Å². The predicted octanol–water partition coefficient (Wildman–Crippen LogP) is 13.1. The molecule has 15 nitrogen and oxygen atoms in total. The lowest BCUT2D eigenvalue weighted by Gasteiger charge is -2.20. The van der Waals surface area contributed by atoms with Crippen molar-refractivity contribution in [2.75, 3.05) is 47.1 Å². The average molecular weight is 1030 g/mol. The molecule has 0 bridgehead atoms. The van der Waals surface area contributed by atoms with Crippen molar-refractivity contribution >= 4 is 42.8 Å². The third-order valence-corrected chi connectivity index (χ3v) is 11.6. The molecule has 0 aromatic heterocycles. The number of carbonyl (C=O) groups is 7. The Balaban J connectivity index is -0.00000235. The van der Waals surface area contributed by atoms with Crippen LogP contribution in [-0.4, -0.2) is 113 Å². The van der Waals surface area contributed by atoms with E-state index in [4.69, 9.17) is 33.2 Å². The molecule has 15 heteroatoms. The maximum absolute atomic E-state index is 12.7. The lowest BCUT2D eigenvalue weighted by molar-refractivity contribution is -0.164. The molecule has 0 N–H and O–H groups in total. The molecule has 3 atom stereocenters. The summed E-state index contributed by atoms with van der Waals surface area (Å²) in [5.41, 5.74) is 0. The number of hydrogen-bond donors (Lipinski definition) is 0. The van der Waals surface area contributed by atoms with Gasteiger partial charge in [-0.1, -0.05) is 183 Å². The van der Waals surface area contributed by atoms with Gasteiger partial charge in [-0.15, -0.1) is 0 Å². The van der Waals surface area contributed by atoms with Gasteiger partial charge in [0.05, 0.1) is 0 Å². The van der Waals surface area contributed by atoms with Crippen molar-refractivity contribution in [3.63, 3.8) is 0 Å². The Kier molecular flexibility index (Phi) is 58.5. The molecule has 0 heterocycles. The summed E-state index contributed by atoms with van der Waals surface area (Å²) in [6.45, 7) is 13.4. The van der Waals surface area contributed by atoms with Gasteiger partial charge in [-0.25, -0.2) is 0 Å². The minimum absolute atomic E-state index is 0.0457. The van der Waals surface area contributed by atoms with Crippen LogP contribution in [0.2, 0.25) is 0 Å². The van der Waals surface area contributed by atoms with Crippen LogP contribution in [0.15, 0.2) is 0 Å². The van der Waals surface area contributed by atoms with E-state index in [1.807, 2.05) is 19.0 Å². The van der Waals surface area contributed by atoms with E-state index < -0.39 is 48.2 Å². The largest absolute Gasteiger partial charge is 0.464 e. The molecular weight excluding hydrogens is 923 g/mol. The van der Waals surface area contributed by atoms with Crippen LogP contribution in [0.25, 0.3) is 0 Å². The summed E-state index contributed by atoms with van der Waals surface area (Å²) in [5, 5.41) is 0. The molecule has 0 aliphatic heterocycles. The van der Waals surface area contributed by atoms with Gasteiger partial charge in [-0.2, -0.15) is 0 Å². The number of ether oxygens (including phenoxy) is 7. The molecule has 0 aliphatic rings. The molecule has 0 radical (unpaired) electrons. The summed E-state index contributed by atoms with van der Waals surface area (Å²) in [4.78, 5) is 85.8. The van der Waals surface area contributed by atoms with Gasteiger partial charge in [0.15, 0.2) is 12.2 Å². The highest BCUT2D eigenvalue weighted by Gasteiger charge is 2.22. The van der Waals surface area contributed by atoms with Crippen LogP contribution in [0.4, 0.5) is 0 Å². The van der Waals surface area contributed by atoms with Crippen molar-refractivity contribution in [2.24, 2.45) is 0 Å². The second kappa shape index (κ2) is 58.1. The quantitative estimate of drug-likeness (QED) is 0.0242. The zero-order valence-corrected chi connectivity index (χ0v) is 47.1. The zero-order chi connectivity index (χ0) is 54.1. The Morgan fingerprint density at radius 2 is 0.625 bits per heavy atom. The monoisotopic (exact) mass is 1030 g/mol. The highest BCUT2D eigenvalue weighted by atomic mass is 16.6. The van der Waals surface area contributed by atoms with Crippen LogP contribution >= 0.6 is 0 Å². The normalized spacial score (nSPS) is 11.9. The van der Waals surface area contributed by atoms with Gasteiger partial charge in [0, 0.05) is 32.1 Å². The molecule has 0 amide bonds. The lowest BCUT2D eigenvalue weighted by atomic mass is 10.1. The number of nitrogens with zero attached hydrogens (tertiary/aromatic N) is 1. The van der Waals surface area contributed by atoms with Crippen molar-refractivity contribution in [1.29, 1.82) is 0 Å². The molecule has 0 saturated carbocycles. The number of carbonyl (C=O) groups excluding carboxylic acids is 7. The van der Waals surface area contributed by atoms with Crippen LogP contribution in [0, 0.1) is 0 Å². The Morgan fingerprint density at radius 1 is 0.347 bits per heavy atom. The number of hydrogen-bond acceptors (Lipinski definition) is 15. The minimum atomic E-state index is -0.970. The molecule has 0 aliphatic carbocycles. The van der Waals surface area contributed by atoms with Gasteiger partial charge in [0.2, 0.25) is 0 Å². The van der Waals surface area contributed by atoms with Crippen LogP contribution in [-0.2, 0) is 66.7 Å². The summed E-state index contributed by atoms with van der Waals surface area (Å²) in [5.74, 6) is -2.45. The molecule has 0 fully saturated rings. The van der Waals surface area contributed by atoms with Gasteiger partial charge in [0.1, 0.15) is 32.5 Å².